The predicted octanol–water partition coefficient (Wildman–Crippen LogP) is -0.661. The smallest absolute Gasteiger partial charge is 0.423 e. The highest BCUT2D eigenvalue weighted by Crippen LogP contribution is 1.92. The molecule has 5 heteroatoms. The van der Waals surface area contributed by atoms with E-state index in [0.29, 0.717) is 5.46 Å². The van der Waals surface area contributed by atoms with Gasteiger partial charge in [-0.05, 0) is 12.4 Å². The Kier molecular flexibility index (Phi) is 5.45. The summed E-state index contributed by atoms with van der Waals surface area (Å²) in [4.78, 5) is 0. The van der Waals surface area contributed by atoms with Crippen molar-refractivity contribution in [2.24, 2.45) is 0 Å². The van der Waals surface area contributed by atoms with Crippen LogP contribution in [0, 0.1) is 6.92 Å². The van der Waals surface area contributed by atoms with E-state index < -0.39 is 7.12 Å². The summed E-state index contributed by atoms with van der Waals surface area (Å²) in [5.74, 6) is 0. The Morgan fingerprint density at radius 2 is 1.58 bits per heavy atom. The van der Waals surface area contributed by atoms with Crippen LogP contribution >= 0.6 is 0 Å². The summed E-state index contributed by atoms with van der Waals surface area (Å²) in [7, 11) is -1.35. The van der Waals surface area contributed by atoms with Gasteiger partial charge in [0.1, 0.15) is 0 Å². The number of aryl methyl sites for hydroxylation is 1. The van der Waals surface area contributed by atoms with Crippen LogP contribution in [0.1, 0.15) is 5.56 Å². The maximum absolute atomic E-state index is 8.67. The van der Waals surface area contributed by atoms with Crippen LogP contribution in [0.25, 0.3) is 0 Å². The quantitative estimate of drug-likeness (QED) is 0.568. The van der Waals surface area contributed by atoms with Gasteiger partial charge in [-0.3, -0.25) is 0 Å². The summed E-state index contributed by atoms with van der Waals surface area (Å²) in [6.45, 7) is 1.95. The Labute approximate surface area is 76.7 Å². The molecular weight excluding hydrogens is 175 g/mol. The molecule has 3 nitrogen and oxygen atoms in total. The molecule has 64 valence electrons. The van der Waals surface area contributed by atoms with Gasteiger partial charge in [0, 0.05) is 0 Å². The lowest BCUT2D eigenvalue weighted by Crippen LogP contribution is -2.29. The van der Waals surface area contributed by atoms with Gasteiger partial charge < -0.3 is 10.0 Å². The molecule has 0 saturated carbocycles. The molecule has 12 heavy (non-hydrogen) atoms. The molecular formula is C7H9BO3S. The molecule has 1 aromatic carbocycles. The van der Waals surface area contributed by atoms with E-state index in [0.717, 1.165) is 5.56 Å². The number of hydrogen-bond donors (Lipinski definition) is 2. The molecule has 0 radical (unpaired) electrons. The topological polar surface area (TPSA) is 57.5 Å². The number of benzene rings is 1. The van der Waals surface area contributed by atoms with E-state index in [4.69, 9.17) is 14.3 Å². The third-order valence-electron chi connectivity index (χ3n) is 1.38. The van der Waals surface area contributed by atoms with Crippen LogP contribution in [0.3, 0.4) is 0 Å². The summed E-state index contributed by atoms with van der Waals surface area (Å²) < 4.78 is 7.83. The second-order valence-corrected chi connectivity index (χ2v) is 2.28. The Bertz CT molecular complexity index is 225. The molecule has 0 aliphatic heterocycles. The van der Waals surface area contributed by atoms with Crippen LogP contribution in [0.4, 0.5) is 0 Å². The molecule has 0 aliphatic carbocycles. The van der Waals surface area contributed by atoms with Crippen molar-refractivity contribution in [3.63, 3.8) is 0 Å². The Morgan fingerprint density at radius 1 is 1.17 bits per heavy atom. The van der Waals surface area contributed by atoms with E-state index in [9.17, 15) is 0 Å². The fourth-order valence-corrected chi connectivity index (χ4v) is 0.739. The Morgan fingerprint density at radius 3 is 1.92 bits per heavy atom. The highest BCUT2D eigenvalue weighted by atomic mass is 32.1. The maximum atomic E-state index is 8.67. The van der Waals surface area contributed by atoms with Crippen LogP contribution in [0.2, 0.25) is 0 Å². The fourth-order valence-electron chi connectivity index (χ4n) is 0.739. The first kappa shape index (κ1) is 11.2. The van der Waals surface area contributed by atoms with Crippen molar-refractivity contribution in [2.75, 3.05) is 0 Å². The molecule has 1 aromatic rings. The first-order chi connectivity index (χ1) is 5.70. The van der Waals surface area contributed by atoms with Gasteiger partial charge in [0.25, 0.3) is 0 Å². The van der Waals surface area contributed by atoms with Gasteiger partial charge in [-0.2, -0.15) is 4.21 Å². The zero-order valence-corrected chi connectivity index (χ0v) is 7.41. The number of rotatable bonds is 1. The van der Waals surface area contributed by atoms with E-state index in [1.165, 1.54) is 0 Å². The van der Waals surface area contributed by atoms with E-state index >= 15 is 0 Å². The van der Waals surface area contributed by atoms with Crippen molar-refractivity contribution < 1.29 is 14.3 Å². The molecule has 0 fully saturated rings. The van der Waals surface area contributed by atoms with Gasteiger partial charge in [0.2, 0.25) is 0 Å². The fraction of sp³-hybridized carbons (Fsp3) is 0.143. The summed E-state index contributed by atoms with van der Waals surface area (Å²) in [5.41, 5.74) is 1.65. The van der Waals surface area contributed by atoms with Crippen molar-refractivity contribution >= 4 is 25.1 Å². The molecule has 0 atom stereocenters. The van der Waals surface area contributed by atoms with E-state index in [2.05, 4.69) is 12.5 Å². The van der Waals surface area contributed by atoms with Crippen LogP contribution in [-0.2, 0) is 12.5 Å². The lowest BCUT2D eigenvalue weighted by Gasteiger charge is -1.97. The second kappa shape index (κ2) is 5.82. The van der Waals surface area contributed by atoms with Crippen molar-refractivity contribution in [1.82, 2.24) is 0 Å². The average molecular weight is 184 g/mol. The van der Waals surface area contributed by atoms with E-state index in [1.54, 1.807) is 12.1 Å². The minimum atomic E-state index is -1.35. The highest BCUT2D eigenvalue weighted by Gasteiger charge is 2.08. The summed E-state index contributed by atoms with van der Waals surface area (Å²) in [6, 6.07) is 7.07. The second-order valence-electron chi connectivity index (χ2n) is 2.28. The predicted molar refractivity (Wildman–Crippen MR) is 49.1 cm³/mol. The van der Waals surface area contributed by atoms with Gasteiger partial charge in [0.05, 0.1) is 0 Å². The third kappa shape index (κ3) is 3.57. The highest BCUT2D eigenvalue weighted by molar-refractivity contribution is 7.44. The van der Waals surface area contributed by atoms with Crippen molar-refractivity contribution in [3.05, 3.63) is 29.8 Å². The van der Waals surface area contributed by atoms with E-state index in [1.807, 2.05) is 19.1 Å². The molecule has 0 bridgehead atoms. The minimum Gasteiger partial charge on any atom is -0.423 e. The first-order valence-corrected chi connectivity index (χ1v) is 3.63. The van der Waals surface area contributed by atoms with Crippen LogP contribution in [0.15, 0.2) is 24.3 Å². The minimum absolute atomic E-state index is 0.533. The van der Waals surface area contributed by atoms with Gasteiger partial charge in [-0.25, -0.2) is 0 Å². The molecule has 2 N–H and O–H groups in total. The van der Waals surface area contributed by atoms with Gasteiger partial charge in [0.15, 0.2) is 12.5 Å². The monoisotopic (exact) mass is 184 g/mol. The van der Waals surface area contributed by atoms with Crippen LogP contribution < -0.4 is 5.46 Å². The first-order valence-electron chi connectivity index (χ1n) is 3.29. The van der Waals surface area contributed by atoms with Crippen molar-refractivity contribution in [3.8, 4) is 0 Å². The van der Waals surface area contributed by atoms with Crippen LogP contribution in [-0.4, -0.2) is 21.4 Å². The summed E-state index contributed by atoms with van der Waals surface area (Å²) in [5, 5.41) is 17.3. The average Bonchev–Trinajstić information content (AvgIpc) is 2.09. The van der Waals surface area contributed by atoms with E-state index in [-0.39, 0.29) is 0 Å². The largest absolute Gasteiger partial charge is 0.488 e. The lowest BCUT2D eigenvalue weighted by molar-refractivity contribution is 0.426. The van der Waals surface area contributed by atoms with Crippen LogP contribution in [0.5, 0.6) is 0 Å². The molecule has 0 saturated heterocycles. The molecule has 0 unspecified atom stereocenters. The van der Waals surface area contributed by atoms with Gasteiger partial charge in [-0.15, -0.1) is 0 Å². The third-order valence-corrected chi connectivity index (χ3v) is 1.38. The maximum Gasteiger partial charge on any atom is 0.488 e. The molecule has 1 rings (SSSR count). The lowest BCUT2D eigenvalue weighted by atomic mass is 9.80. The SMILES string of the molecule is Cc1ccc(B(O)O)cc1.O=S. The van der Waals surface area contributed by atoms with Crippen molar-refractivity contribution in [1.29, 1.82) is 0 Å². The standard InChI is InChI=1S/C7H9BO2.OS/c1-6-2-4-7(5-3-6)8(9)10;1-2/h2-5,9-10H,1H3;. The van der Waals surface area contributed by atoms with Gasteiger partial charge in [-0.1, -0.05) is 29.8 Å². The normalized spacial score (nSPS) is 8.25. The molecule has 0 amide bonds. The zero-order valence-electron chi connectivity index (χ0n) is 6.60. The molecule has 0 spiro atoms. The van der Waals surface area contributed by atoms with Crippen molar-refractivity contribution in [2.45, 2.75) is 6.92 Å². The molecule has 0 heterocycles. The number of hydrogen-bond acceptors (Lipinski definition) is 4. The Hall–Kier alpha value is -0.775. The summed E-state index contributed by atoms with van der Waals surface area (Å²) >= 11 is 2.83. The summed E-state index contributed by atoms with van der Waals surface area (Å²) in [6.07, 6.45) is 0. The molecule has 0 aromatic heterocycles. The van der Waals surface area contributed by atoms with Gasteiger partial charge >= 0.3 is 7.12 Å². The molecule has 0 aliphatic rings. The Balaban J connectivity index is 0.000000561. The zero-order chi connectivity index (χ0) is 9.56.